The van der Waals surface area contributed by atoms with Crippen LogP contribution in [-0.2, 0) is 0 Å². The van der Waals surface area contributed by atoms with Crippen LogP contribution in [0.2, 0.25) is 0 Å². The molecule has 1 rings (SSSR count). The van der Waals surface area contributed by atoms with E-state index in [2.05, 4.69) is 18.8 Å². The van der Waals surface area contributed by atoms with Crippen LogP contribution >= 0.6 is 0 Å². The Morgan fingerprint density at radius 1 is 1.50 bits per heavy atom. The second-order valence-electron chi connectivity index (χ2n) is 3.47. The van der Waals surface area contributed by atoms with Gasteiger partial charge in [-0.1, -0.05) is 13.8 Å². The Labute approximate surface area is 83.8 Å². The number of hydrogen-bond donors (Lipinski definition) is 1. The molecule has 0 fully saturated rings. The van der Waals surface area contributed by atoms with Crippen LogP contribution in [0.3, 0.4) is 0 Å². The van der Waals surface area contributed by atoms with Crippen molar-refractivity contribution in [2.45, 2.75) is 39.7 Å². The summed E-state index contributed by atoms with van der Waals surface area (Å²) < 4.78 is 1.67. The van der Waals surface area contributed by atoms with Crippen molar-refractivity contribution in [3.63, 3.8) is 0 Å². The molecule has 0 atom stereocenters. The summed E-state index contributed by atoms with van der Waals surface area (Å²) in [4.78, 5) is 15.3. The molecule has 0 radical (unpaired) electrons. The Morgan fingerprint density at radius 3 is 2.57 bits per heavy atom. The fourth-order valence-corrected chi connectivity index (χ4v) is 1.52. The van der Waals surface area contributed by atoms with Crippen LogP contribution in [0.15, 0.2) is 11.0 Å². The standard InChI is InChI=1S/C10H17N3O/c1-4-8(5-2)13-6-7(3)9(11)12-10(13)14/h6,8H,4-5H2,1-3H3,(H2,11,12,14). The first-order chi connectivity index (χ1) is 6.60. The average Bonchev–Trinajstić information content (AvgIpc) is 2.15. The van der Waals surface area contributed by atoms with Gasteiger partial charge in [0.05, 0.1) is 0 Å². The molecule has 1 aromatic heterocycles. The number of nitrogen functional groups attached to an aromatic ring is 1. The minimum absolute atomic E-state index is 0.231. The average molecular weight is 195 g/mol. The molecule has 1 aromatic rings. The molecule has 0 aliphatic rings. The SMILES string of the molecule is CCC(CC)n1cc(C)c(N)nc1=O. The third kappa shape index (κ3) is 1.95. The van der Waals surface area contributed by atoms with E-state index in [1.165, 1.54) is 0 Å². The number of aromatic nitrogens is 2. The van der Waals surface area contributed by atoms with Crippen molar-refractivity contribution in [1.29, 1.82) is 0 Å². The summed E-state index contributed by atoms with van der Waals surface area (Å²) in [6.07, 6.45) is 3.66. The zero-order valence-corrected chi connectivity index (χ0v) is 8.95. The first kappa shape index (κ1) is 10.8. The molecule has 0 aliphatic carbocycles. The van der Waals surface area contributed by atoms with Gasteiger partial charge in [-0.05, 0) is 19.8 Å². The van der Waals surface area contributed by atoms with Gasteiger partial charge in [0.1, 0.15) is 5.82 Å². The Kier molecular flexibility index (Phi) is 3.28. The highest BCUT2D eigenvalue weighted by Crippen LogP contribution is 2.14. The predicted octanol–water partition coefficient (Wildman–Crippen LogP) is 1.50. The largest absolute Gasteiger partial charge is 0.383 e. The third-order valence-corrected chi connectivity index (χ3v) is 2.51. The second kappa shape index (κ2) is 4.26. The van der Waals surface area contributed by atoms with Gasteiger partial charge in [0.25, 0.3) is 0 Å². The number of hydrogen-bond acceptors (Lipinski definition) is 3. The lowest BCUT2D eigenvalue weighted by molar-refractivity contribution is 0.450. The first-order valence-electron chi connectivity index (χ1n) is 4.95. The zero-order chi connectivity index (χ0) is 10.7. The van der Waals surface area contributed by atoms with E-state index >= 15 is 0 Å². The maximum Gasteiger partial charge on any atom is 0.349 e. The summed E-state index contributed by atoms with van der Waals surface area (Å²) in [5.74, 6) is 0.331. The molecular weight excluding hydrogens is 178 g/mol. The molecule has 0 unspecified atom stereocenters. The minimum Gasteiger partial charge on any atom is -0.383 e. The Bertz CT molecular complexity index is 366. The lowest BCUT2D eigenvalue weighted by Crippen LogP contribution is -2.27. The summed E-state index contributed by atoms with van der Waals surface area (Å²) >= 11 is 0. The van der Waals surface area contributed by atoms with Crippen LogP contribution in [0.4, 0.5) is 5.82 Å². The Hall–Kier alpha value is -1.32. The van der Waals surface area contributed by atoms with Crippen molar-refractivity contribution < 1.29 is 0 Å². The monoisotopic (exact) mass is 195 g/mol. The highest BCUT2D eigenvalue weighted by molar-refractivity contribution is 5.35. The van der Waals surface area contributed by atoms with Gasteiger partial charge in [-0.3, -0.25) is 4.57 Å². The molecule has 1 heterocycles. The third-order valence-electron chi connectivity index (χ3n) is 2.51. The van der Waals surface area contributed by atoms with Crippen LogP contribution < -0.4 is 11.4 Å². The lowest BCUT2D eigenvalue weighted by atomic mass is 10.1. The van der Waals surface area contributed by atoms with E-state index in [0.717, 1.165) is 18.4 Å². The number of rotatable bonds is 3. The zero-order valence-electron chi connectivity index (χ0n) is 8.95. The van der Waals surface area contributed by atoms with E-state index in [1.807, 2.05) is 6.92 Å². The molecule has 0 saturated carbocycles. The molecule has 0 bridgehead atoms. The van der Waals surface area contributed by atoms with Crippen LogP contribution in [-0.4, -0.2) is 9.55 Å². The summed E-state index contributed by atoms with van der Waals surface area (Å²) in [6.45, 7) is 5.99. The van der Waals surface area contributed by atoms with E-state index in [1.54, 1.807) is 10.8 Å². The van der Waals surface area contributed by atoms with Crippen molar-refractivity contribution in [2.75, 3.05) is 5.73 Å². The van der Waals surface area contributed by atoms with Crippen molar-refractivity contribution >= 4 is 5.82 Å². The minimum atomic E-state index is -0.248. The number of nitrogens with two attached hydrogens (primary N) is 1. The van der Waals surface area contributed by atoms with Gasteiger partial charge in [-0.2, -0.15) is 4.98 Å². The fraction of sp³-hybridized carbons (Fsp3) is 0.600. The summed E-state index contributed by atoms with van der Waals surface area (Å²) in [5.41, 5.74) is 6.16. The van der Waals surface area contributed by atoms with Crippen molar-refractivity contribution in [3.05, 3.63) is 22.2 Å². The number of anilines is 1. The molecule has 78 valence electrons. The van der Waals surface area contributed by atoms with Crippen LogP contribution in [0.5, 0.6) is 0 Å². The second-order valence-corrected chi connectivity index (χ2v) is 3.47. The van der Waals surface area contributed by atoms with Gasteiger partial charge in [-0.15, -0.1) is 0 Å². The highest BCUT2D eigenvalue weighted by Gasteiger charge is 2.09. The highest BCUT2D eigenvalue weighted by atomic mass is 16.1. The van der Waals surface area contributed by atoms with Gasteiger partial charge < -0.3 is 5.73 Å². The molecule has 0 aliphatic heterocycles. The predicted molar refractivity (Wildman–Crippen MR) is 57.3 cm³/mol. The molecule has 0 saturated heterocycles. The van der Waals surface area contributed by atoms with Gasteiger partial charge in [0.2, 0.25) is 0 Å². The number of aryl methyl sites for hydroxylation is 1. The molecule has 4 nitrogen and oxygen atoms in total. The molecular formula is C10H17N3O. The van der Waals surface area contributed by atoms with Gasteiger partial charge in [-0.25, -0.2) is 4.79 Å². The molecule has 0 spiro atoms. The Balaban J connectivity index is 3.21. The van der Waals surface area contributed by atoms with E-state index in [0.29, 0.717) is 5.82 Å². The molecule has 2 N–H and O–H groups in total. The lowest BCUT2D eigenvalue weighted by Gasteiger charge is -2.16. The quantitative estimate of drug-likeness (QED) is 0.795. The molecule has 4 heteroatoms. The summed E-state index contributed by atoms with van der Waals surface area (Å²) in [6, 6.07) is 0.231. The van der Waals surface area contributed by atoms with Crippen LogP contribution in [0, 0.1) is 6.92 Å². The maximum atomic E-state index is 11.5. The molecule has 14 heavy (non-hydrogen) atoms. The van der Waals surface area contributed by atoms with Crippen LogP contribution in [0.1, 0.15) is 38.3 Å². The van der Waals surface area contributed by atoms with Gasteiger partial charge >= 0.3 is 5.69 Å². The van der Waals surface area contributed by atoms with E-state index in [-0.39, 0.29) is 11.7 Å². The number of nitrogens with zero attached hydrogens (tertiary/aromatic N) is 2. The smallest absolute Gasteiger partial charge is 0.349 e. The van der Waals surface area contributed by atoms with Crippen molar-refractivity contribution in [1.82, 2.24) is 9.55 Å². The van der Waals surface area contributed by atoms with Crippen molar-refractivity contribution in [3.8, 4) is 0 Å². The normalized spacial score (nSPS) is 10.9. The molecule has 0 amide bonds. The van der Waals surface area contributed by atoms with Gasteiger partial charge in [0.15, 0.2) is 0 Å². The van der Waals surface area contributed by atoms with E-state index in [9.17, 15) is 4.79 Å². The van der Waals surface area contributed by atoms with E-state index < -0.39 is 0 Å². The van der Waals surface area contributed by atoms with Crippen LogP contribution in [0.25, 0.3) is 0 Å². The topological polar surface area (TPSA) is 60.9 Å². The van der Waals surface area contributed by atoms with Crippen molar-refractivity contribution in [2.24, 2.45) is 0 Å². The first-order valence-corrected chi connectivity index (χ1v) is 4.95. The summed E-state index contributed by atoms with van der Waals surface area (Å²) in [7, 11) is 0. The Morgan fingerprint density at radius 2 is 2.07 bits per heavy atom. The van der Waals surface area contributed by atoms with Gasteiger partial charge in [0, 0.05) is 17.8 Å². The summed E-state index contributed by atoms with van der Waals surface area (Å²) in [5, 5.41) is 0. The fourth-order valence-electron chi connectivity index (χ4n) is 1.52. The molecule has 0 aromatic carbocycles. The maximum absolute atomic E-state index is 11.5. The van der Waals surface area contributed by atoms with E-state index in [4.69, 9.17) is 5.73 Å².